The third kappa shape index (κ3) is 3.54. The summed E-state index contributed by atoms with van der Waals surface area (Å²) in [6.07, 6.45) is 0. The Kier molecular flexibility index (Phi) is 5.33. The molecule has 6 aromatic carbocycles. The summed E-state index contributed by atoms with van der Waals surface area (Å²) in [5, 5.41) is 3.53. The fourth-order valence-electron chi connectivity index (χ4n) is 8.19. The normalized spacial score (nSPS) is 15.0. The minimum atomic E-state index is -0.111. The molecule has 2 heteroatoms. The van der Waals surface area contributed by atoms with Crippen LogP contribution in [0, 0.1) is 0 Å². The van der Waals surface area contributed by atoms with Gasteiger partial charge in [-0.2, -0.15) is 0 Å². The van der Waals surface area contributed by atoms with Crippen LogP contribution < -0.4 is 4.90 Å². The first-order chi connectivity index (χ1) is 21.9. The lowest BCUT2D eigenvalue weighted by Gasteiger charge is -2.30. The summed E-state index contributed by atoms with van der Waals surface area (Å²) in [6, 6.07) is 48.9. The van der Waals surface area contributed by atoms with Gasteiger partial charge in [0.1, 0.15) is 5.82 Å². The lowest BCUT2D eigenvalue weighted by Crippen LogP contribution is -2.18. The molecule has 2 nitrogen and oxygen atoms in total. The van der Waals surface area contributed by atoms with Crippen LogP contribution in [0.3, 0.4) is 0 Å². The van der Waals surface area contributed by atoms with Crippen molar-refractivity contribution in [3.63, 3.8) is 0 Å². The van der Waals surface area contributed by atoms with Crippen molar-refractivity contribution in [1.29, 1.82) is 0 Å². The van der Waals surface area contributed by atoms with Crippen LogP contribution in [0.15, 0.2) is 133 Å². The molecule has 0 aliphatic heterocycles. The van der Waals surface area contributed by atoms with Gasteiger partial charge in [-0.15, -0.1) is 0 Å². The van der Waals surface area contributed by atoms with Crippen molar-refractivity contribution < 1.29 is 0 Å². The molecule has 0 amide bonds. The van der Waals surface area contributed by atoms with Crippen molar-refractivity contribution in [3.8, 4) is 22.3 Å². The van der Waals surface area contributed by atoms with Crippen molar-refractivity contribution in [2.75, 3.05) is 4.90 Å². The number of fused-ring (bicyclic) bond motifs is 9. The number of nitrogens with zero attached hydrogens (tertiary/aromatic N) is 2. The highest BCUT2D eigenvalue weighted by Gasteiger charge is 2.39. The van der Waals surface area contributed by atoms with E-state index >= 15 is 0 Å². The Morgan fingerprint density at radius 3 is 1.84 bits per heavy atom. The Labute approximate surface area is 264 Å². The Hall–Kier alpha value is -5.21. The molecule has 7 aromatic rings. The van der Waals surface area contributed by atoms with Crippen LogP contribution in [0.5, 0.6) is 0 Å². The molecular weight excluding hydrogens is 544 g/mol. The van der Waals surface area contributed by atoms with E-state index in [0.717, 1.165) is 28.1 Å². The highest BCUT2D eigenvalue weighted by Crippen LogP contribution is 2.56. The number of hydrogen-bond donors (Lipinski definition) is 0. The van der Waals surface area contributed by atoms with Crippen LogP contribution in [0.2, 0.25) is 0 Å². The number of benzene rings is 6. The molecule has 2 aliphatic carbocycles. The molecule has 45 heavy (non-hydrogen) atoms. The van der Waals surface area contributed by atoms with Crippen LogP contribution in [0.25, 0.3) is 43.9 Å². The molecule has 0 radical (unpaired) electrons. The van der Waals surface area contributed by atoms with Crippen molar-refractivity contribution in [1.82, 2.24) is 4.98 Å². The Morgan fingerprint density at radius 2 is 1.04 bits per heavy atom. The number of anilines is 3. The molecule has 9 rings (SSSR count). The van der Waals surface area contributed by atoms with Gasteiger partial charge < -0.3 is 0 Å². The van der Waals surface area contributed by atoms with E-state index in [-0.39, 0.29) is 10.8 Å². The molecule has 0 atom stereocenters. The molecule has 1 heterocycles. The van der Waals surface area contributed by atoms with Crippen LogP contribution in [0.4, 0.5) is 17.2 Å². The molecule has 216 valence electrons. The van der Waals surface area contributed by atoms with E-state index in [4.69, 9.17) is 4.98 Å². The molecule has 0 saturated carbocycles. The number of pyridine rings is 1. The first kappa shape index (κ1) is 26.2. The molecule has 0 unspecified atom stereocenters. The van der Waals surface area contributed by atoms with E-state index in [1.54, 1.807) is 0 Å². The van der Waals surface area contributed by atoms with Crippen LogP contribution in [-0.2, 0) is 10.8 Å². The predicted octanol–water partition coefficient (Wildman–Crippen LogP) is 11.5. The minimum absolute atomic E-state index is 0.103. The van der Waals surface area contributed by atoms with Gasteiger partial charge in [0.2, 0.25) is 0 Å². The van der Waals surface area contributed by atoms with E-state index in [1.807, 2.05) is 0 Å². The number of rotatable bonds is 3. The number of aromatic nitrogens is 1. The summed E-state index contributed by atoms with van der Waals surface area (Å²) < 4.78 is 0. The third-order valence-electron chi connectivity index (χ3n) is 10.5. The average Bonchev–Trinajstić information content (AvgIpc) is 3.45. The SMILES string of the molecule is CC1(C)c2ccccc2-c2ccc(N(c3cccc4c3-c3ccccc3C4(C)C)c3nc4ccccc4c4ccccc34)cc21. The summed E-state index contributed by atoms with van der Waals surface area (Å²) in [5.74, 6) is 0.952. The number of para-hydroxylation sites is 1. The fraction of sp³-hybridized carbons (Fsp3) is 0.140. The standard InChI is InChI=1S/C43H34N2/c1-42(2)35-20-11-8-18-33(35)40-36(42)21-13-23-39(40)45(41-32-17-6-5-14-28(32)31-16-9-12-22-38(31)44-41)27-24-25-30-29-15-7-10-19-34(29)43(3,4)37(30)26-27/h5-26H,1-4H3. The quantitative estimate of drug-likeness (QED) is 0.194. The van der Waals surface area contributed by atoms with Gasteiger partial charge in [-0.25, -0.2) is 4.98 Å². The van der Waals surface area contributed by atoms with E-state index in [1.165, 1.54) is 55.3 Å². The first-order valence-electron chi connectivity index (χ1n) is 15.9. The summed E-state index contributed by atoms with van der Waals surface area (Å²) >= 11 is 0. The zero-order valence-electron chi connectivity index (χ0n) is 26.1. The maximum atomic E-state index is 5.47. The van der Waals surface area contributed by atoms with Crippen molar-refractivity contribution in [3.05, 3.63) is 156 Å². The minimum Gasteiger partial charge on any atom is -0.294 e. The second kappa shape index (κ2) is 9.15. The molecule has 0 spiro atoms. The van der Waals surface area contributed by atoms with E-state index in [9.17, 15) is 0 Å². The van der Waals surface area contributed by atoms with Gasteiger partial charge in [0.05, 0.1) is 11.2 Å². The lowest BCUT2D eigenvalue weighted by atomic mass is 9.82. The fourth-order valence-corrected chi connectivity index (χ4v) is 8.19. The zero-order chi connectivity index (χ0) is 30.5. The molecule has 0 saturated heterocycles. The highest BCUT2D eigenvalue weighted by molar-refractivity contribution is 6.12. The summed E-state index contributed by atoms with van der Waals surface area (Å²) in [6.45, 7) is 9.41. The van der Waals surface area contributed by atoms with Gasteiger partial charge in [0.25, 0.3) is 0 Å². The van der Waals surface area contributed by atoms with Gasteiger partial charge in [0, 0.05) is 32.9 Å². The molecule has 0 bridgehead atoms. The van der Waals surface area contributed by atoms with Gasteiger partial charge >= 0.3 is 0 Å². The van der Waals surface area contributed by atoms with E-state index in [2.05, 4.69) is 166 Å². The van der Waals surface area contributed by atoms with Crippen LogP contribution in [0.1, 0.15) is 49.9 Å². The highest BCUT2D eigenvalue weighted by atomic mass is 15.2. The van der Waals surface area contributed by atoms with E-state index in [0.29, 0.717) is 0 Å². The summed E-state index contributed by atoms with van der Waals surface area (Å²) in [4.78, 5) is 7.91. The van der Waals surface area contributed by atoms with Crippen molar-refractivity contribution >= 4 is 38.9 Å². The van der Waals surface area contributed by atoms with Gasteiger partial charge in [-0.3, -0.25) is 4.90 Å². The van der Waals surface area contributed by atoms with Crippen molar-refractivity contribution in [2.24, 2.45) is 0 Å². The predicted molar refractivity (Wildman–Crippen MR) is 189 cm³/mol. The van der Waals surface area contributed by atoms with Crippen LogP contribution in [-0.4, -0.2) is 4.98 Å². The summed E-state index contributed by atoms with van der Waals surface area (Å²) in [7, 11) is 0. The topological polar surface area (TPSA) is 16.1 Å². The number of hydrogen-bond acceptors (Lipinski definition) is 2. The van der Waals surface area contributed by atoms with Gasteiger partial charge in [-0.05, 0) is 68.6 Å². The average molecular weight is 579 g/mol. The van der Waals surface area contributed by atoms with Gasteiger partial charge in [0.15, 0.2) is 0 Å². The monoisotopic (exact) mass is 578 g/mol. The molecule has 1 aromatic heterocycles. The smallest absolute Gasteiger partial charge is 0.146 e. The zero-order valence-corrected chi connectivity index (χ0v) is 26.1. The molecule has 2 aliphatic rings. The second-order valence-corrected chi connectivity index (χ2v) is 13.6. The lowest BCUT2D eigenvalue weighted by molar-refractivity contribution is 0.660. The Morgan fingerprint density at radius 1 is 0.467 bits per heavy atom. The first-order valence-corrected chi connectivity index (χ1v) is 15.9. The molecular formula is C43H34N2. The third-order valence-corrected chi connectivity index (χ3v) is 10.5. The molecule has 0 fully saturated rings. The maximum absolute atomic E-state index is 5.47. The Bertz CT molecular complexity index is 2340. The van der Waals surface area contributed by atoms with Crippen molar-refractivity contribution in [2.45, 2.75) is 38.5 Å². The van der Waals surface area contributed by atoms with Gasteiger partial charge in [-0.1, -0.05) is 137 Å². The van der Waals surface area contributed by atoms with Crippen LogP contribution >= 0.6 is 0 Å². The largest absolute Gasteiger partial charge is 0.294 e. The van der Waals surface area contributed by atoms with E-state index < -0.39 is 0 Å². The Balaban J connectivity index is 1.39. The molecule has 0 N–H and O–H groups in total. The second-order valence-electron chi connectivity index (χ2n) is 13.6. The maximum Gasteiger partial charge on any atom is 0.146 e. The summed E-state index contributed by atoms with van der Waals surface area (Å²) in [5.41, 5.74) is 13.8.